The average Bonchev–Trinajstić information content (AvgIpc) is 2.85. The molecule has 9 heteroatoms. The molecule has 7 nitrogen and oxygen atoms in total. The van der Waals surface area contributed by atoms with Gasteiger partial charge in [0.25, 0.3) is 0 Å². The van der Waals surface area contributed by atoms with E-state index in [9.17, 15) is 19.2 Å². The van der Waals surface area contributed by atoms with Crippen LogP contribution in [0.1, 0.15) is 158 Å². The molecule has 38 heavy (non-hydrogen) atoms. The Morgan fingerprint density at radius 2 is 0.842 bits per heavy atom. The Hall–Kier alpha value is 1.51. The van der Waals surface area contributed by atoms with E-state index in [2.05, 4.69) is 13.8 Å². The minimum absolute atomic E-state index is 0. The summed E-state index contributed by atoms with van der Waals surface area (Å²) in [4.78, 5) is 47.4. The maximum Gasteiger partial charge on any atom is 1.00 e. The zero-order valence-corrected chi connectivity index (χ0v) is 31.4. The van der Waals surface area contributed by atoms with Crippen LogP contribution < -0.4 is 109 Å². The molecule has 0 saturated heterocycles. The van der Waals surface area contributed by atoms with Crippen LogP contribution >= 0.6 is 0 Å². The summed E-state index contributed by atoms with van der Waals surface area (Å²) in [7, 11) is 0. The molecule has 0 aromatic rings. The quantitative estimate of drug-likeness (QED) is 0.0780. The molecule has 0 bridgehead atoms. The van der Waals surface area contributed by atoms with E-state index < -0.39 is 29.9 Å². The fourth-order valence-electron chi connectivity index (χ4n) is 4.02. The Kier molecular flexibility index (Phi) is 38.2. The monoisotopic (exact) mass is 591 g/mol. The maximum absolute atomic E-state index is 12.0. The normalized spacial score (nSPS) is 11.1. The standard InChI is InChI=1S/C29H53NO6.2K.2H/c1-3-5-7-9-11-13-15-17-19-21-26(31)35-28(33)24-23-25(30)29(34)36-27(32)22-20-18-16-14-12-10-8-6-4-2;;;;/h25H,3-24,30H2,1-2H3;;;;/q;2*+1;2*-1/t25-;;;;/m0..../s1. The molecule has 0 unspecified atom stereocenters. The fourth-order valence-corrected chi connectivity index (χ4v) is 4.02. The van der Waals surface area contributed by atoms with Crippen molar-refractivity contribution < 1.29 is 134 Å². The minimum atomic E-state index is -1.10. The summed E-state index contributed by atoms with van der Waals surface area (Å²) in [5.74, 6) is -2.68. The summed E-state index contributed by atoms with van der Waals surface area (Å²) in [6, 6.07) is -1.10. The van der Waals surface area contributed by atoms with Crippen molar-refractivity contribution in [1.82, 2.24) is 0 Å². The van der Waals surface area contributed by atoms with Crippen molar-refractivity contribution in [1.29, 1.82) is 0 Å². The van der Waals surface area contributed by atoms with Crippen molar-refractivity contribution in [2.24, 2.45) is 5.73 Å². The SMILES string of the molecule is CCCCCCCCCCCC(=O)OC(=O)CC[C@H](N)C(=O)OC(=O)CCCCCCCCCCC.[H-].[H-].[K+].[K+]. The summed E-state index contributed by atoms with van der Waals surface area (Å²) in [5, 5.41) is 0. The molecular weight excluding hydrogens is 537 g/mol. The Balaban J connectivity index is -0.00000102. The van der Waals surface area contributed by atoms with Gasteiger partial charge in [0, 0.05) is 19.3 Å². The van der Waals surface area contributed by atoms with Gasteiger partial charge in [0.1, 0.15) is 6.04 Å². The van der Waals surface area contributed by atoms with Gasteiger partial charge in [0.15, 0.2) is 0 Å². The Bertz CT molecular complexity index is 615. The summed E-state index contributed by atoms with van der Waals surface area (Å²) >= 11 is 0. The van der Waals surface area contributed by atoms with Crippen molar-refractivity contribution in [3.05, 3.63) is 0 Å². The number of rotatable bonds is 24. The second-order valence-electron chi connectivity index (χ2n) is 9.94. The topological polar surface area (TPSA) is 113 Å². The minimum Gasteiger partial charge on any atom is -1.00 e. The van der Waals surface area contributed by atoms with Gasteiger partial charge in [-0.05, 0) is 19.3 Å². The van der Waals surface area contributed by atoms with Crippen molar-refractivity contribution in [3.8, 4) is 0 Å². The molecule has 0 aliphatic heterocycles. The van der Waals surface area contributed by atoms with E-state index in [4.69, 9.17) is 15.2 Å². The van der Waals surface area contributed by atoms with E-state index in [0.29, 0.717) is 12.8 Å². The summed E-state index contributed by atoms with van der Waals surface area (Å²) in [6.45, 7) is 4.40. The van der Waals surface area contributed by atoms with E-state index in [1.54, 1.807) is 0 Å². The first-order valence-corrected chi connectivity index (χ1v) is 14.6. The zero-order valence-electron chi connectivity index (χ0n) is 27.2. The Labute approximate surface area is 320 Å². The van der Waals surface area contributed by atoms with Gasteiger partial charge < -0.3 is 18.1 Å². The number of esters is 4. The molecule has 0 saturated carbocycles. The summed E-state index contributed by atoms with van der Waals surface area (Å²) < 4.78 is 9.58. The predicted octanol–water partition coefficient (Wildman–Crippen LogP) is 1.31. The third-order valence-corrected chi connectivity index (χ3v) is 6.37. The molecular formula is C29H55K2NO6. The van der Waals surface area contributed by atoms with E-state index in [0.717, 1.165) is 25.7 Å². The largest absolute Gasteiger partial charge is 1.00 e. The molecule has 0 radical (unpaired) electrons. The first-order chi connectivity index (χ1) is 17.4. The number of hydrogen-bond donors (Lipinski definition) is 1. The number of hydrogen-bond acceptors (Lipinski definition) is 7. The van der Waals surface area contributed by atoms with Gasteiger partial charge in [-0.3, -0.25) is 14.4 Å². The van der Waals surface area contributed by atoms with Crippen LogP contribution in [0.4, 0.5) is 0 Å². The molecule has 0 rings (SSSR count). The van der Waals surface area contributed by atoms with Gasteiger partial charge in [-0.1, -0.05) is 117 Å². The van der Waals surface area contributed by atoms with Crippen molar-refractivity contribution >= 4 is 23.9 Å². The third kappa shape index (κ3) is 30.5. The smallest absolute Gasteiger partial charge is 1.00 e. The predicted molar refractivity (Wildman–Crippen MR) is 145 cm³/mol. The first kappa shape index (κ1) is 44.0. The van der Waals surface area contributed by atoms with Crippen molar-refractivity contribution in [3.63, 3.8) is 0 Å². The molecule has 0 aromatic heterocycles. The Morgan fingerprint density at radius 3 is 1.24 bits per heavy atom. The van der Waals surface area contributed by atoms with Crippen molar-refractivity contribution in [2.75, 3.05) is 0 Å². The number of carbonyl (C=O) groups excluding carboxylic acids is 4. The molecule has 214 valence electrons. The molecule has 0 aromatic carbocycles. The molecule has 0 heterocycles. The molecule has 2 N–H and O–H groups in total. The van der Waals surface area contributed by atoms with E-state index >= 15 is 0 Å². The van der Waals surface area contributed by atoms with Crippen LogP contribution in [0, 0.1) is 0 Å². The van der Waals surface area contributed by atoms with E-state index in [-0.39, 0.29) is 131 Å². The second kappa shape index (κ2) is 33.0. The van der Waals surface area contributed by atoms with Crippen LogP contribution in [0.5, 0.6) is 0 Å². The summed E-state index contributed by atoms with van der Waals surface area (Å²) in [6.07, 6.45) is 20.6. The van der Waals surface area contributed by atoms with Crippen LogP contribution in [0.25, 0.3) is 0 Å². The van der Waals surface area contributed by atoms with Crippen LogP contribution in [0.15, 0.2) is 0 Å². The van der Waals surface area contributed by atoms with E-state index in [1.165, 1.54) is 77.0 Å². The maximum atomic E-state index is 12.0. The zero-order chi connectivity index (χ0) is 26.9. The van der Waals surface area contributed by atoms with Crippen LogP contribution in [-0.4, -0.2) is 29.9 Å². The molecule has 0 fully saturated rings. The van der Waals surface area contributed by atoms with Gasteiger partial charge in [-0.25, -0.2) is 4.79 Å². The Morgan fingerprint density at radius 1 is 0.526 bits per heavy atom. The van der Waals surface area contributed by atoms with Gasteiger partial charge in [-0.2, -0.15) is 0 Å². The van der Waals surface area contributed by atoms with Gasteiger partial charge in [-0.15, -0.1) is 0 Å². The van der Waals surface area contributed by atoms with Crippen LogP contribution in [-0.2, 0) is 28.7 Å². The van der Waals surface area contributed by atoms with Gasteiger partial charge in [0.05, 0.1) is 0 Å². The molecule has 0 aliphatic rings. The molecule has 1 atom stereocenters. The molecule has 0 spiro atoms. The van der Waals surface area contributed by atoms with Gasteiger partial charge >= 0.3 is 127 Å². The van der Waals surface area contributed by atoms with Crippen molar-refractivity contribution in [2.45, 2.75) is 161 Å². The molecule has 0 amide bonds. The third-order valence-electron chi connectivity index (χ3n) is 6.37. The fraction of sp³-hybridized carbons (Fsp3) is 0.862. The second-order valence-corrected chi connectivity index (χ2v) is 9.94. The first-order valence-electron chi connectivity index (χ1n) is 14.6. The molecule has 0 aliphatic carbocycles. The number of unbranched alkanes of at least 4 members (excludes halogenated alkanes) is 16. The number of carbonyl (C=O) groups is 4. The van der Waals surface area contributed by atoms with Crippen LogP contribution in [0.2, 0.25) is 0 Å². The number of ether oxygens (including phenoxy) is 2. The van der Waals surface area contributed by atoms with Gasteiger partial charge in [0.2, 0.25) is 0 Å². The van der Waals surface area contributed by atoms with E-state index in [1.807, 2.05) is 0 Å². The average molecular weight is 592 g/mol. The van der Waals surface area contributed by atoms with Crippen LogP contribution in [0.3, 0.4) is 0 Å². The summed E-state index contributed by atoms with van der Waals surface area (Å²) in [5.41, 5.74) is 5.73. The number of nitrogens with two attached hydrogens (primary N) is 1.